The first-order valence-corrected chi connectivity index (χ1v) is 8.23. The van der Waals surface area contributed by atoms with Gasteiger partial charge in [-0.05, 0) is 48.9 Å². The van der Waals surface area contributed by atoms with E-state index < -0.39 is 22.8 Å². The highest BCUT2D eigenvalue weighted by Gasteiger charge is 2.47. The number of nitrogens with zero attached hydrogens (tertiary/aromatic N) is 2. The lowest BCUT2D eigenvalue weighted by Gasteiger charge is -2.38. The number of hydrogen-bond acceptors (Lipinski definition) is 4. The number of benzene rings is 1. The summed E-state index contributed by atoms with van der Waals surface area (Å²) in [6.07, 6.45) is 2.16. The summed E-state index contributed by atoms with van der Waals surface area (Å²) in [6.45, 7) is 3.73. The number of aromatic nitrogens is 2. The maximum atomic E-state index is 14.0. The Morgan fingerprint density at radius 1 is 1.24 bits per heavy atom. The molecule has 2 aromatic rings. The SMILES string of the molecule is CC(C)[C@]1(C(=O)C=O)CCCc2cc(-c3c(F)cccc3F)nnc21. The molecule has 1 heterocycles. The molecule has 3 rings (SSSR count). The Bertz CT molecular complexity index is 831. The fourth-order valence-corrected chi connectivity index (χ4v) is 3.73. The molecule has 25 heavy (non-hydrogen) atoms. The number of aldehydes is 1. The van der Waals surface area contributed by atoms with Gasteiger partial charge in [0.15, 0.2) is 6.29 Å². The van der Waals surface area contributed by atoms with Gasteiger partial charge in [-0.3, -0.25) is 9.59 Å². The van der Waals surface area contributed by atoms with Crippen molar-refractivity contribution in [3.05, 3.63) is 47.2 Å². The van der Waals surface area contributed by atoms with Crippen molar-refractivity contribution in [2.45, 2.75) is 38.5 Å². The maximum absolute atomic E-state index is 14.0. The number of Topliss-reactive ketones (excluding diaryl/α,β-unsaturated/α-hetero) is 1. The van der Waals surface area contributed by atoms with Gasteiger partial charge in [-0.15, -0.1) is 5.10 Å². The third-order valence-corrected chi connectivity index (χ3v) is 5.06. The van der Waals surface area contributed by atoms with E-state index in [1.807, 2.05) is 13.8 Å². The molecule has 1 atom stereocenters. The molecule has 1 aromatic heterocycles. The van der Waals surface area contributed by atoms with Crippen molar-refractivity contribution in [1.82, 2.24) is 10.2 Å². The molecular weight excluding hydrogens is 326 g/mol. The molecule has 1 aliphatic carbocycles. The van der Waals surface area contributed by atoms with E-state index in [-0.39, 0.29) is 17.2 Å². The van der Waals surface area contributed by atoms with Crippen LogP contribution >= 0.6 is 0 Å². The van der Waals surface area contributed by atoms with Crippen LogP contribution in [0.25, 0.3) is 11.3 Å². The number of carbonyl (C=O) groups is 2. The summed E-state index contributed by atoms with van der Waals surface area (Å²) in [5.41, 5.74) is -0.00361. The van der Waals surface area contributed by atoms with Gasteiger partial charge in [-0.2, -0.15) is 5.10 Å². The van der Waals surface area contributed by atoms with Gasteiger partial charge in [0.05, 0.1) is 22.4 Å². The zero-order valence-electron chi connectivity index (χ0n) is 14.1. The van der Waals surface area contributed by atoms with Crippen molar-refractivity contribution in [1.29, 1.82) is 0 Å². The molecule has 0 N–H and O–H groups in total. The van der Waals surface area contributed by atoms with Crippen molar-refractivity contribution in [2.75, 3.05) is 0 Å². The summed E-state index contributed by atoms with van der Waals surface area (Å²) in [7, 11) is 0. The first kappa shape index (κ1) is 17.3. The predicted octanol–water partition coefficient (Wildman–Crippen LogP) is 3.42. The second-order valence-corrected chi connectivity index (χ2v) is 6.66. The van der Waals surface area contributed by atoms with Crippen molar-refractivity contribution in [2.24, 2.45) is 5.92 Å². The summed E-state index contributed by atoms with van der Waals surface area (Å²) in [5.74, 6) is -2.11. The average Bonchev–Trinajstić information content (AvgIpc) is 2.59. The van der Waals surface area contributed by atoms with Gasteiger partial charge in [0.2, 0.25) is 5.78 Å². The standard InChI is InChI=1S/C19H18F2N2O2/c1-11(2)19(16(25)10-24)8-4-5-12-9-15(22-23-18(12)19)17-13(20)6-3-7-14(17)21/h3,6-7,9-11H,4-5,8H2,1-2H3/t19-/m0/s1. The molecule has 1 aliphatic rings. The number of ketones is 1. The van der Waals surface area contributed by atoms with Crippen LogP contribution in [0.1, 0.15) is 37.9 Å². The highest BCUT2D eigenvalue weighted by Crippen LogP contribution is 2.43. The Hall–Kier alpha value is -2.50. The monoisotopic (exact) mass is 344 g/mol. The molecule has 0 fully saturated rings. The maximum Gasteiger partial charge on any atom is 0.207 e. The van der Waals surface area contributed by atoms with E-state index in [0.717, 1.165) is 12.1 Å². The van der Waals surface area contributed by atoms with Gasteiger partial charge < -0.3 is 0 Å². The molecular formula is C19H18F2N2O2. The van der Waals surface area contributed by atoms with Crippen LogP contribution in [0, 0.1) is 17.6 Å². The van der Waals surface area contributed by atoms with Gasteiger partial charge in [-0.1, -0.05) is 19.9 Å². The smallest absolute Gasteiger partial charge is 0.207 e. The first-order valence-electron chi connectivity index (χ1n) is 8.23. The number of fused-ring (bicyclic) bond motifs is 1. The van der Waals surface area contributed by atoms with Crippen LogP contribution in [-0.4, -0.2) is 22.3 Å². The molecule has 0 aliphatic heterocycles. The van der Waals surface area contributed by atoms with E-state index >= 15 is 0 Å². The van der Waals surface area contributed by atoms with Gasteiger partial charge in [0.1, 0.15) is 11.6 Å². The Balaban J connectivity index is 2.19. The number of aryl methyl sites for hydroxylation is 1. The van der Waals surface area contributed by atoms with E-state index in [1.165, 1.54) is 6.07 Å². The first-order chi connectivity index (χ1) is 11.9. The summed E-state index contributed by atoms with van der Waals surface area (Å²) in [6, 6.07) is 5.19. The molecule has 130 valence electrons. The molecule has 1 aromatic carbocycles. The average molecular weight is 344 g/mol. The van der Waals surface area contributed by atoms with E-state index in [9.17, 15) is 18.4 Å². The molecule has 0 saturated carbocycles. The van der Waals surface area contributed by atoms with E-state index in [4.69, 9.17) is 0 Å². The Labute approximate surface area is 144 Å². The normalized spacial score (nSPS) is 19.6. The summed E-state index contributed by atoms with van der Waals surface area (Å²) in [4.78, 5) is 23.6. The highest BCUT2D eigenvalue weighted by atomic mass is 19.1. The lowest BCUT2D eigenvalue weighted by molar-refractivity contribution is -0.135. The van der Waals surface area contributed by atoms with Crippen molar-refractivity contribution in [3.8, 4) is 11.3 Å². The minimum atomic E-state index is -1.02. The van der Waals surface area contributed by atoms with Crippen LogP contribution in [-0.2, 0) is 21.4 Å². The minimum absolute atomic E-state index is 0.0902. The fraction of sp³-hybridized carbons (Fsp3) is 0.368. The van der Waals surface area contributed by atoms with E-state index in [2.05, 4.69) is 10.2 Å². The highest BCUT2D eigenvalue weighted by molar-refractivity contribution is 6.29. The number of rotatable bonds is 4. The van der Waals surface area contributed by atoms with E-state index in [1.54, 1.807) is 6.07 Å². The van der Waals surface area contributed by atoms with Crippen LogP contribution in [0.4, 0.5) is 8.78 Å². The number of hydrogen-bond donors (Lipinski definition) is 0. The van der Waals surface area contributed by atoms with Crippen molar-refractivity contribution < 1.29 is 18.4 Å². The largest absolute Gasteiger partial charge is 0.295 e. The van der Waals surface area contributed by atoms with Crippen LogP contribution in [0.2, 0.25) is 0 Å². The Kier molecular flexibility index (Phi) is 4.45. The topological polar surface area (TPSA) is 59.9 Å². The third-order valence-electron chi connectivity index (χ3n) is 5.06. The van der Waals surface area contributed by atoms with Crippen LogP contribution in [0.5, 0.6) is 0 Å². The van der Waals surface area contributed by atoms with Crippen molar-refractivity contribution in [3.63, 3.8) is 0 Å². The zero-order chi connectivity index (χ0) is 18.2. The van der Waals surface area contributed by atoms with E-state index in [0.29, 0.717) is 36.8 Å². The number of halogens is 2. The summed E-state index contributed by atoms with van der Waals surface area (Å²) >= 11 is 0. The molecule has 0 saturated heterocycles. The summed E-state index contributed by atoms with van der Waals surface area (Å²) in [5, 5.41) is 8.14. The van der Waals surface area contributed by atoms with Gasteiger partial charge >= 0.3 is 0 Å². The van der Waals surface area contributed by atoms with Gasteiger partial charge in [-0.25, -0.2) is 8.78 Å². The fourth-order valence-electron chi connectivity index (χ4n) is 3.73. The molecule has 0 amide bonds. The molecule has 0 spiro atoms. The van der Waals surface area contributed by atoms with Crippen molar-refractivity contribution >= 4 is 12.1 Å². The molecule has 0 bridgehead atoms. The Morgan fingerprint density at radius 3 is 2.52 bits per heavy atom. The quantitative estimate of drug-likeness (QED) is 0.630. The lowest BCUT2D eigenvalue weighted by Crippen LogP contribution is -2.45. The van der Waals surface area contributed by atoms with Crippen LogP contribution in [0.3, 0.4) is 0 Å². The van der Waals surface area contributed by atoms with Crippen LogP contribution < -0.4 is 0 Å². The Morgan fingerprint density at radius 2 is 1.92 bits per heavy atom. The molecule has 0 unspecified atom stereocenters. The second kappa shape index (κ2) is 6.43. The number of carbonyl (C=O) groups excluding carboxylic acids is 2. The zero-order valence-corrected chi connectivity index (χ0v) is 14.1. The van der Waals surface area contributed by atoms with Gasteiger partial charge in [0, 0.05) is 0 Å². The molecule has 6 heteroatoms. The molecule has 4 nitrogen and oxygen atoms in total. The minimum Gasteiger partial charge on any atom is -0.295 e. The van der Waals surface area contributed by atoms with Crippen LogP contribution in [0.15, 0.2) is 24.3 Å². The van der Waals surface area contributed by atoms with Gasteiger partial charge in [0.25, 0.3) is 0 Å². The molecule has 0 radical (unpaired) electrons. The predicted molar refractivity (Wildman–Crippen MR) is 87.9 cm³/mol. The summed E-state index contributed by atoms with van der Waals surface area (Å²) < 4.78 is 28.0. The second-order valence-electron chi connectivity index (χ2n) is 6.66. The third kappa shape index (κ3) is 2.65. The lowest BCUT2D eigenvalue weighted by atomic mass is 9.64.